The number of methoxy groups -OCH3 is 2. The van der Waals surface area contributed by atoms with Gasteiger partial charge in [0.2, 0.25) is 5.91 Å². The summed E-state index contributed by atoms with van der Waals surface area (Å²) in [7, 11) is 7.34. The molecule has 10 heteroatoms. The molecule has 9 nitrogen and oxygen atoms in total. The second-order valence-corrected chi connectivity index (χ2v) is 7.56. The predicted molar refractivity (Wildman–Crippen MR) is 109 cm³/mol. The monoisotopic (exact) mass is 400 g/mol. The summed E-state index contributed by atoms with van der Waals surface area (Å²) in [5.41, 5.74) is 0. The van der Waals surface area contributed by atoms with Gasteiger partial charge < -0.3 is 34.5 Å². The number of ether oxygens (including phenoxy) is 4. The number of nitrogens with one attached hydrogen (secondary N) is 2. The van der Waals surface area contributed by atoms with Gasteiger partial charge in [-0.05, 0) is 7.05 Å². The molecule has 0 aliphatic carbocycles. The van der Waals surface area contributed by atoms with Crippen LogP contribution in [0.4, 0.5) is 0 Å². The number of rotatable bonds is 12. The minimum absolute atomic E-state index is 0.000770. The molecule has 2 aliphatic heterocycles. The first-order valence-corrected chi connectivity index (χ1v) is 10.2. The number of likely N-dealkylation sites (N-methyl/N-ethyl adjacent to an activating group) is 1. The molecule has 2 fully saturated rings. The smallest absolute Gasteiger partial charge is 0.246 e. The van der Waals surface area contributed by atoms with E-state index in [1.165, 1.54) is 0 Å². The van der Waals surface area contributed by atoms with E-state index in [4.69, 9.17) is 18.9 Å². The van der Waals surface area contributed by atoms with E-state index in [0.717, 1.165) is 45.8 Å². The second-order valence-electron chi connectivity index (χ2n) is 7.56. The maximum absolute atomic E-state index is 12.0. The molecule has 0 aromatic rings. The summed E-state index contributed by atoms with van der Waals surface area (Å²) in [4.78, 5) is 16.9. The Morgan fingerprint density at radius 2 is 1.89 bits per heavy atom. The molecule has 0 spiro atoms. The van der Waals surface area contributed by atoms with Gasteiger partial charge in [-0.15, -0.1) is 0 Å². The number of carbonyl (C=O) groups excluding carboxylic acids is 1. The van der Waals surface area contributed by atoms with Crippen molar-refractivity contribution in [3.63, 3.8) is 0 Å². The van der Waals surface area contributed by atoms with E-state index in [0.29, 0.717) is 13.2 Å². The Balaban J connectivity index is 1.52. The Kier molecular flexibility index (Phi) is 10.7. The highest BCUT2D eigenvalue weighted by Gasteiger charge is 2.43. The van der Waals surface area contributed by atoms with Gasteiger partial charge in [-0.2, -0.15) is 0 Å². The molecule has 0 bridgehead atoms. The van der Waals surface area contributed by atoms with Gasteiger partial charge in [-0.1, -0.05) is 0 Å². The van der Waals surface area contributed by atoms with Crippen LogP contribution in [-0.4, -0.2) is 135 Å². The molecule has 0 aromatic heterocycles. The number of carbonyl (C=O) groups is 1. The zero-order chi connectivity index (χ0) is 20.4. The van der Waals surface area contributed by atoms with Gasteiger partial charge in [0, 0.05) is 66.6 Å². The topological polar surface area (TPSA) is 84.5 Å². The van der Waals surface area contributed by atoms with Crippen molar-refractivity contribution in [2.45, 2.75) is 24.3 Å². The number of hydrogen-bond donors (Lipinski definition) is 2. The standard InChI is InChI=1S/C18H37BN4O5/c1-22-8-10-23(11-9-22)7-6-20-4-5-21-15(24)13-27-17-16(26-3)14(12-25-2)28-18(17)19/h14,16-18,20H,4-13,19H2,1-3H3,(H,21,24)/t14-,16?,17+,18-/m1/s1. The Morgan fingerprint density at radius 1 is 1.14 bits per heavy atom. The van der Waals surface area contributed by atoms with E-state index >= 15 is 0 Å². The molecule has 2 aliphatic rings. The molecule has 2 heterocycles. The lowest BCUT2D eigenvalue weighted by Gasteiger charge is -2.32. The molecule has 2 rings (SSSR count). The third-order valence-corrected chi connectivity index (χ3v) is 5.38. The van der Waals surface area contributed by atoms with Crippen molar-refractivity contribution in [1.82, 2.24) is 20.4 Å². The number of amides is 1. The highest BCUT2D eigenvalue weighted by molar-refractivity contribution is 6.11. The Labute approximate surface area is 169 Å². The molecule has 0 saturated carbocycles. The van der Waals surface area contributed by atoms with E-state index in [1.807, 2.05) is 7.85 Å². The van der Waals surface area contributed by atoms with Crippen LogP contribution in [0.5, 0.6) is 0 Å². The first-order valence-electron chi connectivity index (χ1n) is 10.2. The van der Waals surface area contributed by atoms with Crippen LogP contribution in [0.1, 0.15) is 0 Å². The van der Waals surface area contributed by atoms with Crippen molar-refractivity contribution in [2.24, 2.45) is 0 Å². The average molecular weight is 400 g/mol. The summed E-state index contributed by atoms with van der Waals surface area (Å²) >= 11 is 0. The number of nitrogens with zero attached hydrogens (tertiary/aromatic N) is 2. The van der Waals surface area contributed by atoms with E-state index in [-0.39, 0.29) is 36.8 Å². The molecule has 28 heavy (non-hydrogen) atoms. The Morgan fingerprint density at radius 3 is 2.57 bits per heavy atom. The fourth-order valence-corrected chi connectivity index (χ4v) is 3.67. The summed E-state index contributed by atoms with van der Waals surface area (Å²) in [6, 6.07) is -0.144. The minimum Gasteiger partial charge on any atom is -0.382 e. The fourth-order valence-electron chi connectivity index (χ4n) is 3.67. The summed E-state index contributed by atoms with van der Waals surface area (Å²) in [5, 5.41) is 6.26. The van der Waals surface area contributed by atoms with Crippen molar-refractivity contribution < 1.29 is 23.7 Å². The second kappa shape index (κ2) is 12.7. The highest BCUT2D eigenvalue weighted by Crippen LogP contribution is 2.24. The Bertz CT molecular complexity index is 454. The first kappa shape index (κ1) is 23.5. The summed E-state index contributed by atoms with van der Waals surface area (Å²) in [6.07, 6.45) is -0.695. The van der Waals surface area contributed by atoms with E-state index in [9.17, 15) is 4.79 Å². The minimum atomic E-state index is -0.280. The van der Waals surface area contributed by atoms with Crippen molar-refractivity contribution in [3.05, 3.63) is 0 Å². The van der Waals surface area contributed by atoms with Crippen LogP contribution in [0.15, 0.2) is 0 Å². The highest BCUT2D eigenvalue weighted by atomic mass is 16.6. The molecule has 0 radical (unpaired) electrons. The van der Waals surface area contributed by atoms with Crippen molar-refractivity contribution >= 4 is 13.8 Å². The summed E-state index contributed by atoms with van der Waals surface area (Å²) < 4.78 is 22.2. The van der Waals surface area contributed by atoms with Crippen molar-refractivity contribution in [2.75, 3.05) is 86.8 Å². The third-order valence-electron chi connectivity index (χ3n) is 5.38. The van der Waals surface area contributed by atoms with Crippen LogP contribution >= 0.6 is 0 Å². The van der Waals surface area contributed by atoms with Crippen LogP contribution in [0.2, 0.25) is 0 Å². The van der Waals surface area contributed by atoms with Crippen molar-refractivity contribution in [1.29, 1.82) is 0 Å². The molecule has 2 saturated heterocycles. The van der Waals surface area contributed by atoms with Gasteiger partial charge >= 0.3 is 0 Å². The van der Waals surface area contributed by atoms with E-state index in [1.54, 1.807) is 14.2 Å². The van der Waals surface area contributed by atoms with Crippen LogP contribution in [-0.2, 0) is 23.7 Å². The van der Waals surface area contributed by atoms with Crippen LogP contribution in [0.25, 0.3) is 0 Å². The van der Waals surface area contributed by atoms with Crippen LogP contribution in [0, 0.1) is 0 Å². The first-order chi connectivity index (χ1) is 13.5. The van der Waals surface area contributed by atoms with Crippen LogP contribution < -0.4 is 10.6 Å². The quantitative estimate of drug-likeness (QED) is 0.272. The SMILES string of the molecule is B[C@@H]1O[C@H](COC)C(OC)[C@@H]1OCC(=O)NCCNCCN1CCN(C)CC1. The lowest BCUT2D eigenvalue weighted by molar-refractivity contribution is -0.130. The molecule has 4 atom stereocenters. The van der Waals surface area contributed by atoms with Crippen molar-refractivity contribution in [3.8, 4) is 0 Å². The zero-order valence-corrected chi connectivity index (χ0v) is 17.8. The molecule has 162 valence electrons. The molecule has 2 N–H and O–H groups in total. The maximum atomic E-state index is 12.0. The third kappa shape index (κ3) is 7.59. The normalized spacial score (nSPS) is 29.2. The van der Waals surface area contributed by atoms with Crippen LogP contribution in [0.3, 0.4) is 0 Å². The van der Waals surface area contributed by atoms with Gasteiger partial charge in [0.05, 0.1) is 12.6 Å². The zero-order valence-electron chi connectivity index (χ0n) is 17.8. The summed E-state index contributed by atoms with van der Waals surface area (Å²) in [5.74, 6) is -0.127. The number of hydrogen-bond acceptors (Lipinski definition) is 8. The average Bonchev–Trinajstić information content (AvgIpc) is 2.98. The van der Waals surface area contributed by atoms with Gasteiger partial charge in [0.1, 0.15) is 32.8 Å². The van der Waals surface area contributed by atoms with E-state index < -0.39 is 0 Å². The van der Waals surface area contributed by atoms with E-state index in [2.05, 4.69) is 27.5 Å². The lowest BCUT2D eigenvalue weighted by Crippen LogP contribution is -2.47. The summed E-state index contributed by atoms with van der Waals surface area (Å²) in [6.45, 7) is 8.28. The predicted octanol–water partition coefficient (Wildman–Crippen LogP) is -2.66. The van der Waals surface area contributed by atoms with Gasteiger partial charge in [-0.3, -0.25) is 9.69 Å². The molecule has 1 amide bonds. The maximum Gasteiger partial charge on any atom is 0.246 e. The fraction of sp³-hybridized carbons (Fsp3) is 0.944. The molecular weight excluding hydrogens is 363 g/mol. The largest absolute Gasteiger partial charge is 0.382 e. The van der Waals surface area contributed by atoms with Gasteiger partial charge in [0.25, 0.3) is 0 Å². The lowest BCUT2D eigenvalue weighted by atomic mass is 9.93. The molecular formula is C18H37BN4O5. The Hall–Kier alpha value is -0.745. The van der Waals surface area contributed by atoms with Gasteiger partial charge in [-0.25, -0.2) is 0 Å². The molecule has 1 unspecified atom stereocenters. The van der Waals surface area contributed by atoms with Gasteiger partial charge in [0.15, 0.2) is 0 Å². The number of piperazine rings is 1. The molecule has 0 aromatic carbocycles.